The number of rotatable bonds is 7. The number of nitrogens with two attached hydrogens (primary N) is 1. The van der Waals surface area contributed by atoms with E-state index in [-0.39, 0.29) is 36.1 Å². The fourth-order valence-electron chi connectivity index (χ4n) is 4.22. The Morgan fingerprint density at radius 3 is 2.56 bits per heavy atom. The van der Waals surface area contributed by atoms with E-state index >= 15 is 4.39 Å². The molecule has 3 N–H and O–H groups in total. The van der Waals surface area contributed by atoms with Crippen molar-refractivity contribution in [2.24, 2.45) is 0 Å². The van der Waals surface area contributed by atoms with Crippen LogP contribution >= 0.6 is 0 Å². The molecule has 1 aliphatic heterocycles. The summed E-state index contributed by atoms with van der Waals surface area (Å²) in [6.45, 7) is 1.25. The number of nitrogen functional groups attached to an aromatic ring is 1. The number of benzene rings is 2. The van der Waals surface area contributed by atoms with Gasteiger partial charge < -0.3 is 15.6 Å². The summed E-state index contributed by atoms with van der Waals surface area (Å²) in [4.78, 5) is 17.1. The van der Waals surface area contributed by atoms with Gasteiger partial charge in [-0.15, -0.1) is 0 Å². The van der Waals surface area contributed by atoms with E-state index in [1.54, 1.807) is 18.3 Å². The molecule has 1 aromatic heterocycles. The molecule has 2 aromatic carbocycles. The van der Waals surface area contributed by atoms with E-state index in [4.69, 9.17) is 10.5 Å². The number of ketones is 1. The molecule has 1 aliphatic rings. The van der Waals surface area contributed by atoms with Crippen LogP contribution < -0.4 is 5.73 Å². The van der Waals surface area contributed by atoms with Crippen molar-refractivity contribution >= 4 is 11.6 Å². The molecule has 32 heavy (non-hydrogen) atoms. The van der Waals surface area contributed by atoms with Crippen LogP contribution in [-0.2, 0) is 4.74 Å². The van der Waals surface area contributed by atoms with Crippen LogP contribution in [0.2, 0.25) is 0 Å². The molecule has 0 saturated carbocycles. The Morgan fingerprint density at radius 1 is 1.12 bits per heavy atom. The second-order valence-electron chi connectivity index (χ2n) is 8.20. The van der Waals surface area contributed by atoms with Crippen molar-refractivity contribution in [1.29, 1.82) is 0 Å². The van der Waals surface area contributed by atoms with Gasteiger partial charge in [-0.05, 0) is 42.0 Å². The first kappa shape index (κ1) is 22.1. The molecule has 0 radical (unpaired) electrons. The maximum atomic E-state index is 15.1. The lowest BCUT2D eigenvalue weighted by atomic mass is 9.90. The molecule has 166 valence electrons. The van der Waals surface area contributed by atoms with Crippen LogP contribution in [0.25, 0.3) is 11.1 Å². The Labute approximate surface area is 187 Å². The van der Waals surface area contributed by atoms with Crippen molar-refractivity contribution < 1.29 is 19.0 Å². The normalized spacial score (nSPS) is 15.4. The SMILES string of the molecule is Nc1ncc(C2CCOCC2)cc1-c1ccc(C(=O)C[C@H](CO)c2ccccc2)cc1F. The average molecular weight is 435 g/mol. The first-order valence-electron chi connectivity index (χ1n) is 10.9. The van der Waals surface area contributed by atoms with Crippen LogP contribution in [0.5, 0.6) is 0 Å². The van der Waals surface area contributed by atoms with Crippen molar-refractivity contribution in [2.45, 2.75) is 31.1 Å². The van der Waals surface area contributed by atoms with Crippen molar-refractivity contribution in [1.82, 2.24) is 4.98 Å². The molecule has 4 rings (SSSR count). The van der Waals surface area contributed by atoms with Crippen molar-refractivity contribution in [3.8, 4) is 11.1 Å². The number of hydrogen-bond acceptors (Lipinski definition) is 5. The second-order valence-corrected chi connectivity index (χ2v) is 8.20. The summed E-state index contributed by atoms with van der Waals surface area (Å²) in [6.07, 6.45) is 3.65. The number of nitrogens with zero attached hydrogens (tertiary/aromatic N) is 1. The van der Waals surface area contributed by atoms with Crippen molar-refractivity contribution in [2.75, 3.05) is 25.6 Å². The van der Waals surface area contributed by atoms with Gasteiger partial charge in [0.05, 0.1) is 6.61 Å². The summed E-state index contributed by atoms with van der Waals surface area (Å²) in [5, 5.41) is 9.73. The number of aliphatic hydroxyl groups excluding tert-OH is 1. The average Bonchev–Trinajstić information content (AvgIpc) is 2.84. The maximum absolute atomic E-state index is 15.1. The van der Waals surface area contributed by atoms with Crippen LogP contribution in [0.15, 0.2) is 60.8 Å². The highest BCUT2D eigenvalue weighted by atomic mass is 19.1. The molecule has 6 heteroatoms. The number of halogens is 1. The summed E-state index contributed by atoms with van der Waals surface area (Å²) in [5.41, 5.74) is 9.09. The van der Waals surface area contributed by atoms with E-state index in [9.17, 15) is 9.90 Å². The largest absolute Gasteiger partial charge is 0.396 e. The molecule has 2 heterocycles. The van der Waals surface area contributed by atoms with E-state index in [0.29, 0.717) is 30.3 Å². The van der Waals surface area contributed by atoms with Gasteiger partial charge in [-0.25, -0.2) is 9.37 Å². The van der Waals surface area contributed by atoms with Gasteiger partial charge in [0.25, 0.3) is 0 Å². The minimum absolute atomic E-state index is 0.0994. The number of anilines is 1. The number of Topliss-reactive ketones (excluding diaryl/α,β-unsaturated/α-hetero) is 1. The Bertz CT molecular complexity index is 1080. The quantitative estimate of drug-likeness (QED) is 0.526. The molecule has 1 saturated heterocycles. The molecule has 0 aliphatic carbocycles. The maximum Gasteiger partial charge on any atom is 0.163 e. The molecule has 0 bridgehead atoms. The summed E-state index contributed by atoms with van der Waals surface area (Å²) in [7, 11) is 0. The van der Waals surface area contributed by atoms with Crippen LogP contribution in [-0.4, -0.2) is 35.7 Å². The third-order valence-electron chi connectivity index (χ3n) is 6.14. The van der Waals surface area contributed by atoms with E-state index in [1.165, 1.54) is 6.07 Å². The second kappa shape index (κ2) is 10.0. The zero-order valence-corrected chi connectivity index (χ0v) is 17.8. The fraction of sp³-hybridized carbons (Fsp3) is 0.308. The topological polar surface area (TPSA) is 85.4 Å². The van der Waals surface area contributed by atoms with Crippen LogP contribution in [0.3, 0.4) is 0 Å². The van der Waals surface area contributed by atoms with Gasteiger partial charge in [0, 0.05) is 48.4 Å². The Hall–Kier alpha value is -3.09. The molecule has 1 atom stereocenters. The predicted octanol–water partition coefficient (Wildman–Crippen LogP) is 4.71. The van der Waals surface area contributed by atoms with Gasteiger partial charge in [-0.2, -0.15) is 0 Å². The summed E-state index contributed by atoms with van der Waals surface area (Å²) < 4.78 is 20.5. The highest BCUT2D eigenvalue weighted by Gasteiger charge is 2.21. The first-order valence-corrected chi connectivity index (χ1v) is 10.9. The molecule has 0 unspecified atom stereocenters. The minimum atomic E-state index is -0.520. The van der Waals surface area contributed by atoms with Gasteiger partial charge in [0.1, 0.15) is 11.6 Å². The van der Waals surface area contributed by atoms with E-state index in [1.807, 2.05) is 36.4 Å². The van der Waals surface area contributed by atoms with Crippen molar-refractivity contribution in [3.63, 3.8) is 0 Å². The monoisotopic (exact) mass is 434 g/mol. The standard InChI is InChI=1S/C26H27FN2O3/c27-24-13-19(25(31)14-21(16-30)17-4-2-1-3-5-17)6-7-22(24)23-12-20(15-29-26(23)28)18-8-10-32-11-9-18/h1-7,12-13,15,18,21,30H,8-11,14,16H2,(H2,28,29)/t21-/m1/s1. The molecule has 1 fully saturated rings. The molecule has 3 aromatic rings. The lowest BCUT2D eigenvalue weighted by Gasteiger charge is -2.23. The zero-order chi connectivity index (χ0) is 22.5. The van der Waals surface area contributed by atoms with E-state index < -0.39 is 5.82 Å². The third kappa shape index (κ3) is 4.87. The highest BCUT2D eigenvalue weighted by Crippen LogP contribution is 2.34. The van der Waals surface area contributed by atoms with Crippen LogP contribution in [0.4, 0.5) is 10.2 Å². The smallest absolute Gasteiger partial charge is 0.163 e. The van der Waals surface area contributed by atoms with Gasteiger partial charge in [0.15, 0.2) is 5.78 Å². The third-order valence-corrected chi connectivity index (χ3v) is 6.14. The van der Waals surface area contributed by atoms with Crippen LogP contribution in [0, 0.1) is 5.82 Å². The minimum Gasteiger partial charge on any atom is -0.396 e. The number of pyridine rings is 1. The number of carbonyl (C=O) groups excluding carboxylic acids is 1. The number of ether oxygens (including phenoxy) is 1. The number of aromatic nitrogens is 1. The molecular weight excluding hydrogens is 407 g/mol. The highest BCUT2D eigenvalue weighted by molar-refractivity contribution is 5.97. The molecule has 0 spiro atoms. The summed E-state index contributed by atoms with van der Waals surface area (Å²) in [6, 6.07) is 15.7. The van der Waals surface area contributed by atoms with Gasteiger partial charge in [-0.1, -0.05) is 42.5 Å². The lowest BCUT2D eigenvalue weighted by Crippen LogP contribution is -2.14. The number of hydrogen-bond donors (Lipinski definition) is 2. The first-order chi connectivity index (χ1) is 15.6. The number of aliphatic hydroxyl groups is 1. The summed E-state index contributed by atoms with van der Waals surface area (Å²) >= 11 is 0. The molecular formula is C26H27FN2O3. The zero-order valence-electron chi connectivity index (χ0n) is 17.8. The van der Waals surface area contributed by atoms with Gasteiger partial charge >= 0.3 is 0 Å². The Kier molecular flexibility index (Phi) is 6.93. The predicted molar refractivity (Wildman–Crippen MR) is 122 cm³/mol. The fourth-order valence-corrected chi connectivity index (χ4v) is 4.22. The Morgan fingerprint density at radius 2 is 1.88 bits per heavy atom. The molecule has 5 nitrogen and oxygen atoms in total. The number of carbonyl (C=O) groups is 1. The van der Waals surface area contributed by atoms with E-state index in [0.717, 1.165) is 24.0 Å². The van der Waals surface area contributed by atoms with Gasteiger partial charge in [-0.3, -0.25) is 4.79 Å². The summed E-state index contributed by atoms with van der Waals surface area (Å²) in [5.74, 6) is -0.507. The molecule has 0 amide bonds. The van der Waals surface area contributed by atoms with E-state index in [2.05, 4.69) is 4.98 Å². The van der Waals surface area contributed by atoms with Crippen LogP contribution in [0.1, 0.15) is 52.6 Å². The van der Waals surface area contributed by atoms with Gasteiger partial charge in [0.2, 0.25) is 0 Å². The lowest BCUT2D eigenvalue weighted by molar-refractivity contribution is 0.0853. The van der Waals surface area contributed by atoms with Crippen molar-refractivity contribution in [3.05, 3.63) is 83.3 Å². The Balaban J connectivity index is 1.56.